The number of hydrogen-bond acceptors (Lipinski definition) is 4. The minimum absolute atomic E-state index is 0.210. The van der Waals surface area contributed by atoms with E-state index in [0.717, 1.165) is 16.1 Å². The van der Waals surface area contributed by atoms with E-state index in [9.17, 15) is 5.11 Å². The lowest BCUT2D eigenvalue weighted by Gasteiger charge is -2.03. The normalized spacial score (nSPS) is 12.1. The van der Waals surface area contributed by atoms with Crippen LogP contribution in [0.1, 0.15) is 12.5 Å². The maximum Gasteiger partial charge on any atom is 0.206 e. The maximum atomic E-state index is 9.88. The van der Waals surface area contributed by atoms with Gasteiger partial charge in [-0.15, -0.1) is 11.3 Å². The van der Waals surface area contributed by atoms with Gasteiger partial charge in [-0.2, -0.15) is 5.10 Å². The van der Waals surface area contributed by atoms with Crippen LogP contribution in [-0.2, 0) is 0 Å². The first kappa shape index (κ1) is 15.2. The number of aromatic nitrogens is 1. The van der Waals surface area contributed by atoms with Gasteiger partial charge in [-0.25, -0.2) is 4.68 Å². The summed E-state index contributed by atoms with van der Waals surface area (Å²) < 4.78 is 1.82. The Morgan fingerprint density at radius 2 is 1.83 bits per heavy atom. The molecular weight excluding hydrogens is 306 g/mol. The third-order valence-electron chi connectivity index (χ3n) is 3.30. The van der Waals surface area contributed by atoms with E-state index in [1.165, 1.54) is 0 Å². The topological polar surface area (TPSA) is 49.9 Å². The number of aromatic hydroxyl groups is 1. The first-order valence-electron chi connectivity index (χ1n) is 7.38. The number of benzene rings is 2. The van der Waals surface area contributed by atoms with Crippen LogP contribution < -0.4 is 4.80 Å². The van der Waals surface area contributed by atoms with Gasteiger partial charge in [0.05, 0.1) is 11.9 Å². The Kier molecular flexibility index (Phi) is 4.68. The van der Waals surface area contributed by atoms with Gasteiger partial charge in [0.15, 0.2) is 0 Å². The van der Waals surface area contributed by atoms with E-state index >= 15 is 0 Å². The quantitative estimate of drug-likeness (QED) is 0.731. The summed E-state index contributed by atoms with van der Waals surface area (Å²) in [5.74, 6) is 0.210. The predicted octanol–water partition coefficient (Wildman–Crippen LogP) is 3.73. The molecule has 0 amide bonds. The molecule has 0 aliphatic heterocycles. The van der Waals surface area contributed by atoms with Crippen molar-refractivity contribution in [1.29, 1.82) is 0 Å². The summed E-state index contributed by atoms with van der Waals surface area (Å²) in [5.41, 5.74) is 2.73. The summed E-state index contributed by atoms with van der Waals surface area (Å²) in [7, 11) is 0. The molecule has 0 saturated heterocycles. The fourth-order valence-electron chi connectivity index (χ4n) is 2.18. The lowest BCUT2D eigenvalue weighted by Crippen LogP contribution is -2.12. The molecule has 1 aromatic heterocycles. The van der Waals surface area contributed by atoms with Gasteiger partial charge in [0.2, 0.25) is 4.80 Å². The van der Waals surface area contributed by atoms with Crippen LogP contribution in [0.25, 0.3) is 11.3 Å². The zero-order valence-electron chi connectivity index (χ0n) is 12.8. The Morgan fingerprint density at radius 1 is 1.09 bits per heavy atom. The minimum atomic E-state index is 0.210. The largest absolute Gasteiger partial charge is 0.507 e. The fourth-order valence-corrected chi connectivity index (χ4v) is 3.08. The van der Waals surface area contributed by atoms with E-state index in [2.05, 4.69) is 10.1 Å². The van der Waals surface area contributed by atoms with Crippen molar-refractivity contribution in [2.75, 3.05) is 6.54 Å². The molecule has 3 rings (SSSR count). The summed E-state index contributed by atoms with van der Waals surface area (Å²) in [6, 6.07) is 17.2. The number of phenols is 1. The standard InChI is InChI=1S/C18H17N3OS/c1-2-19-18-21(20-12-15-10-6-7-11-17(15)22)16(13-23-18)14-8-4-3-5-9-14/h3-13,22H,2H2,1H3/b19-18?,20-12+. The van der Waals surface area contributed by atoms with Gasteiger partial charge in [0.1, 0.15) is 5.75 Å². The molecule has 3 aromatic rings. The summed E-state index contributed by atoms with van der Waals surface area (Å²) in [6.07, 6.45) is 1.66. The van der Waals surface area contributed by atoms with Crippen LogP contribution in [0.5, 0.6) is 5.75 Å². The van der Waals surface area contributed by atoms with Crippen LogP contribution in [0.4, 0.5) is 0 Å². The molecule has 0 bridgehead atoms. The van der Waals surface area contributed by atoms with E-state index in [0.29, 0.717) is 12.1 Å². The van der Waals surface area contributed by atoms with Crippen LogP contribution in [0.15, 0.2) is 70.1 Å². The summed E-state index contributed by atoms with van der Waals surface area (Å²) in [6.45, 7) is 2.69. The van der Waals surface area contributed by atoms with Crippen molar-refractivity contribution < 1.29 is 5.11 Å². The molecular formula is C18H17N3OS. The molecule has 116 valence electrons. The van der Waals surface area contributed by atoms with Crippen LogP contribution in [0, 0.1) is 0 Å². The first-order chi connectivity index (χ1) is 11.3. The highest BCUT2D eigenvalue weighted by Crippen LogP contribution is 2.20. The first-order valence-corrected chi connectivity index (χ1v) is 8.26. The molecule has 23 heavy (non-hydrogen) atoms. The van der Waals surface area contributed by atoms with Crippen molar-refractivity contribution in [3.05, 3.63) is 70.3 Å². The van der Waals surface area contributed by atoms with Crippen LogP contribution in [0.2, 0.25) is 0 Å². The van der Waals surface area contributed by atoms with Crippen molar-refractivity contribution >= 4 is 17.6 Å². The lowest BCUT2D eigenvalue weighted by atomic mass is 10.2. The van der Waals surface area contributed by atoms with Crippen molar-refractivity contribution in [1.82, 2.24) is 4.68 Å². The fraction of sp³-hybridized carbons (Fsp3) is 0.111. The van der Waals surface area contributed by atoms with E-state index < -0.39 is 0 Å². The molecule has 0 aliphatic rings. The van der Waals surface area contributed by atoms with E-state index in [1.807, 2.05) is 59.4 Å². The second-order valence-electron chi connectivity index (χ2n) is 4.86. The molecule has 1 heterocycles. The summed E-state index contributed by atoms with van der Waals surface area (Å²) in [4.78, 5) is 5.32. The van der Waals surface area contributed by atoms with Gasteiger partial charge in [-0.05, 0) is 19.1 Å². The smallest absolute Gasteiger partial charge is 0.206 e. The van der Waals surface area contributed by atoms with Crippen molar-refractivity contribution in [2.24, 2.45) is 10.1 Å². The van der Waals surface area contributed by atoms with Crippen LogP contribution in [-0.4, -0.2) is 22.5 Å². The van der Waals surface area contributed by atoms with Gasteiger partial charge in [0.25, 0.3) is 0 Å². The van der Waals surface area contributed by atoms with Gasteiger partial charge in [0, 0.05) is 23.1 Å². The monoisotopic (exact) mass is 323 g/mol. The molecule has 5 heteroatoms. The van der Waals surface area contributed by atoms with Crippen molar-refractivity contribution in [3.63, 3.8) is 0 Å². The molecule has 0 fully saturated rings. The molecule has 0 radical (unpaired) electrons. The summed E-state index contributed by atoms with van der Waals surface area (Å²) in [5, 5.41) is 16.5. The Bertz CT molecular complexity index is 879. The second-order valence-corrected chi connectivity index (χ2v) is 5.70. The molecule has 0 unspecified atom stereocenters. The van der Waals surface area contributed by atoms with Gasteiger partial charge < -0.3 is 5.11 Å². The second kappa shape index (κ2) is 7.07. The molecule has 4 nitrogen and oxygen atoms in total. The highest BCUT2D eigenvalue weighted by atomic mass is 32.1. The number of thiazole rings is 1. The van der Waals surface area contributed by atoms with Crippen molar-refractivity contribution in [2.45, 2.75) is 6.92 Å². The third-order valence-corrected chi connectivity index (χ3v) is 4.15. The number of rotatable bonds is 4. The van der Waals surface area contributed by atoms with Crippen LogP contribution in [0.3, 0.4) is 0 Å². The van der Waals surface area contributed by atoms with E-state index in [-0.39, 0.29) is 5.75 Å². The van der Waals surface area contributed by atoms with E-state index in [4.69, 9.17) is 0 Å². The molecule has 0 saturated carbocycles. The number of para-hydroxylation sites is 1. The van der Waals surface area contributed by atoms with Gasteiger partial charge in [-0.3, -0.25) is 4.99 Å². The average molecular weight is 323 g/mol. The Labute approximate surface area is 138 Å². The van der Waals surface area contributed by atoms with Crippen molar-refractivity contribution in [3.8, 4) is 17.0 Å². The molecule has 0 aliphatic carbocycles. The number of hydrogen-bond donors (Lipinski definition) is 1. The third kappa shape index (κ3) is 3.40. The highest BCUT2D eigenvalue weighted by molar-refractivity contribution is 7.07. The summed E-state index contributed by atoms with van der Waals surface area (Å²) >= 11 is 1.55. The average Bonchev–Trinajstić information content (AvgIpc) is 2.98. The van der Waals surface area contributed by atoms with Crippen LogP contribution >= 0.6 is 11.3 Å². The SMILES string of the molecule is CCN=c1scc(-c2ccccc2)n1/N=C/c1ccccc1O. The van der Waals surface area contributed by atoms with Gasteiger partial charge in [-0.1, -0.05) is 42.5 Å². The molecule has 2 aromatic carbocycles. The van der Waals surface area contributed by atoms with E-state index in [1.54, 1.807) is 29.7 Å². The molecule has 0 spiro atoms. The van der Waals surface area contributed by atoms with Gasteiger partial charge >= 0.3 is 0 Å². The Balaban J connectivity index is 2.08. The maximum absolute atomic E-state index is 9.88. The molecule has 1 N–H and O–H groups in total. The predicted molar refractivity (Wildman–Crippen MR) is 94.9 cm³/mol. The Hall–Kier alpha value is -2.66. The zero-order valence-corrected chi connectivity index (χ0v) is 13.6. The number of phenolic OH excluding ortho intramolecular Hbond substituents is 1. The number of nitrogens with zero attached hydrogens (tertiary/aromatic N) is 3. The lowest BCUT2D eigenvalue weighted by molar-refractivity contribution is 0.474. The highest BCUT2D eigenvalue weighted by Gasteiger charge is 2.06. The zero-order chi connectivity index (χ0) is 16.1. The Morgan fingerprint density at radius 3 is 2.57 bits per heavy atom. The molecule has 0 atom stereocenters. The minimum Gasteiger partial charge on any atom is -0.507 e.